The van der Waals surface area contributed by atoms with Crippen LogP contribution < -0.4 is 0 Å². The first-order valence-corrected chi connectivity index (χ1v) is 7.87. The number of aromatic nitrogens is 1. The van der Waals surface area contributed by atoms with E-state index < -0.39 is 21.1 Å². The highest BCUT2D eigenvalue weighted by molar-refractivity contribution is 7.91. The normalized spacial score (nSPS) is 13.2. The van der Waals surface area contributed by atoms with E-state index in [1.165, 1.54) is 6.92 Å². The predicted octanol–water partition coefficient (Wildman–Crippen LogP) is 2.01. The maximum atomic E-state index is 12.2. The van der Waals surface area contributed by atoms with Crippen LogP contribution in [0.25, 0.3) is 10.9 Å². The molecular weight excluding hydrogens is 278 g/mol. The van der Waals surface area contributed by atoms with Crippen molar-refractivity contribution < 1.29 is 18.3 Å². The van der Waals surface area contributed by atoms with E-state index in [1.54, 1.807) is 12.3 Å². The summed E-state index contributed by atoms with van der Waals surface area (Å²) in [7, 11) is -3.51. The fourth-order valence-electron chi connectivity index (χ4n) is 2.01. The van der Waals surface area contributed by atoms with Gasteiger partial charge in [0.15, 0.2) is 9.84 Å². The van der Waals surface area contributed by atoms with Gasteiger partial charge in [0.1, 0.15) is 0 Å². The Kier molecular flexibility index (Phi) is 4.04. The van der Waals surface area contributed by atoms with Gasteiger partial charge in [-0.05, 0) is 24.6 Å². The van der Waals surface area contributed by atoms with E-state index in [4.69, 9.17) is 5.11 Å². The molecule has 0 radical (unpaired) electrons. The number of sulfone groups is 1. The number of aliphatic carboxylic acids is 1. The Hall–Kier alpha value is -1.95. The molecule has 0 saturated heterocycles. The van der Waals surface area contributed by atoms with Crippen molar-refractivity contribution in [1.29, 1.82) is 0 Å². The second kappa shape index (κ2) is 5.58. The summed E-state index contributed by atoms with van der Waals surface area (Å²) < 4.78 is 24.4. The number of nitrogens with zero attached hydrogens (tertiary/aromatic N) is 1. The van der Waals surface area contributed by atoms with Crippen molar-refractivity contribution in [3.05, 3.63) is 42.1 Å². The fourth-order valence-corrected chi connectivity index (χ4v) is 3.38. The number of para-hydroxylation sites is 1. The lowest BCUT2D eigenvalue weighted by atomic mass is 10.1. The van der Waals surface area contributed by atoms with Crippen LogP contribution in [-0.2, 0) is 20.4 Å². The Morgan fingerprint density at radius 3 is 2.70 bits per heavy atom. The predicted molar refractivity (Wildman–Crippen MR) is 76.1 cm³/mol. The van der Waals surface area contributed by atoms with E-state index in [1.807, 2.05) is 24.3 Å². The van der Waals surface area contributed by atoms with Gasteiger partial charge in [-0.2, -0.15) is 0 Å². The van der Waals surface area contributed by atoms with E-state index in [2.05, 4.69) is 4.98 Å². The van der Waals surface area contributed by atoms with Crippen LogP contribution in [0, 0.1) is 0 Å². The van der Waals surface area contributed by atoms with Gasteiger partial charge in [0.2, 0.25) is 0 Å². The van der Waals surface area contributed by atoms with Crippen molar-refractivity contribution in [2.75, 3.05) is 0 Å². The number of hydrogen-bond donors (Lipinski definition) is 1. The number of fused-ring (bicyclic) bond motifs is 1. The fraction of sp³-hybridized carbons (Fsp3) is 0.286. The molecule has 0 fully saturated rings. The van der Waals surface area contributed by atoms with Crippen LogP contribution in [0.1, 0.15) is 18.9 Å². The van der Waals surface area contributed by atoms with E-state index in [0.29, 0.717) is 5.56 Å². The summed E-state index contributed by atoms with van der Waals surface area (Å²) in [5, 5.41) is 8.58. The topological polar surface area (TPSA) is 84.3 Å². The average Bonchev–Trinajstić information content (AvgIpc) is 2.38. The van der Waals surface area contributed by atoms with Gasteiger partial charge in [-0.1, -0.05) is 18.2 Å². The first kappa shape index (κ1) is 14.5. The van der Waals surface area contributed by atoms with Crippen molar-refractivity contribution in [3.63, 3.8) is 0 Å². The van der Waals surface area contributed by atoms with Gasteiger partial charge >= 0.3 is 5.97 Å². The summed E-state index contributed by atoms with van der Waals surface area (Å²) in [5.41, 5.74) is 1.37. The minimum absolute atomic E-state index is 0.176. The molecule has 1 atom stereocenters. The van der Waals surface area contributed by atoms with Crippen LogP contribution >= 0.6 is 0 Å². The minimum atomic E-state index is -3.51. The first-order chi connectivity index (χ1) is 9.40. The monoisotopic (exact) mass is 293 g/mol. The molecule has 0 saturated carbocycles. The van der Waals surface area contributed by atoms with E-state index in [-0.39, 0.29) is 12.2 Å². The second-order valence-electron chi connectivity index (χ2n) is 4.70. The maximum Gasteiger partial charge on any atom is 0.304 e. The first-order valence-electron chi connectivity index (χ1n) is 6.16. The molecule has 2 rings (SSSR count). The van der Waals surface area contributed by atoms with Gasteiger partial charge < -0.3 is 5.11 Å². The number of benzene rings is 1. The molecule has 1 heterocycles. The highest BCUT2D eigenvalue weighted by atomic mass is 32.2. The SMILES string of the molecule is CC(CC(=O)O)S(=O)(=O)Cc1ccnc2ccccc12. The van der Waals surface area contributed by atoms with Crippen molar-refractivity contribution in [3.8, 4) is 0 Å². The van der Waals surface area contributed by atoms with Gasteiger partial charge in [0.25, 0.3) is 0 Å². The Morgan fingerprint density at radius 2 is 2.00 bits per heavy atom. The summed E-state index contributed by atoms with van der Waals surface area (Å²) in [5.74, 6) is -1.29. The van der Waals surface area contributed by atoms with E-state index in [0.717, 1.165) is 10.9 Å². The van der Waals surface area contributed by atoms with Crippen molar-refractivity contribution in [1.82, 2.24) is 4.98 Å². The van der Waals surface area contributed by atoms with Crippen molar-refractivity contribution in [2.24, 2.45) is 0 Å². The lowest BCUT2D eigenvalue weighted by Crippen LogP contribution is -2.23. The van der Waals surface area contributed by atoms with Crippen molar-refractivity contribution >= 4 is 26.7 Å². The summed E-state index contributed by atoms with van der Waals surface area (Å²) in [6, 6.07) is 8.94. The van der Waals surface area contributed by atoms with Crippen LogP contribution in [0.3, 0.4) is 0 Å². The summed E-state index contributed by atoms with van der Waals surface area (Å²) in [4.78, 5) is 14.8. The average molecular weight is 293 g/mol. The molecule has 2 aromatic rings. The molecule has 20 heavy (non-hydrogen) atoms. The summed E-state index contributed by atoms with van der Waals surface area (Å²) in [6.45, 7) is 1.42. The zero-order valence-electron chi connectivity index (χ0n) is 11.0. The van der Waals surface area contributed by atoms with Crippen molar-refractivity contribution in [2.45, 2.75) is 24.3 Å². The van der Waals surface area contributed by atoms with Crippen LogP contribution in [-0.4, -0.2) is 29.7 Å². The molecule has 1 aromatic heterocycles. The number of pyridine rings is 1. The molecular formula is C14H15NO4S. The Bertz CT molecular complexity index is 734. The van der Waals surface area contributed by atoms with Gasteiger partial charge in [-0.15, -0.1) is 0 Å². The molecule has 0 amide bonds. The number of hydrogen-bond acceptors (Lipinski definition) is 4. The molecule has 1 unspecified atom stereocenters. The molecule has 106 valence electrons. The Balaban J connectivity index is 2.34. The molecule has 0 bridgehead atoms. The van der Waals surface area contributed by atoms with Crippen LogP contribution in [0.2, 0.25) is 0 Å². The highest BCUT2D eigenvalue weighted by Gasteiger charge is 2.24. The lowest BCUT2D eigenvalue weighted by Gasteiger charge is -2.12. The largest absolute Gasteiger partial charge is 0.481 e. The maximum absolute atomic E-state index is 12.2. The molecule has 0 aliphatic heterocycles. The third-order valence-electron chi connectivity index (χ3n) is 3.17. The molecule has 1 N–H and O–H groups in total. The van der Waals surface area contributed by atoms with Gasteiger partial charge in [0, 0.05) is 11.6 Å². The molecule has 6 heteroatoms. The van der Waals surface area contributed by atoms with Crippen LogP contribution in [0.15, 0.2) is 36.5 Å². The quantitative estimate of drug-likeness (QED) is 0.911. The van der Waals surface area contributed by atoms with Crippen LogP contribution in [0.5, 0.6) is 0 Å². The molecule has 0 aliphatic rings. The third kappa shape index (κ3) is 3.14. The molecule has 0 spiro atoms. The molecule has 1 aromatic carbocycles. The van der Waals surface area contributed by atoms with Gasteiger partial charge in [-0.25, -0.2) is 8.42 Å². The number of carboxylic acid groups (broad SMARTS) is 1. The zero-order chi connectivity index (χ0) is 14.8. The smallest absolute Gasteiger partial charge is 0.304 e. The van der Waals surface area contributed by atoms with Gasteiger partial charge in [0.05, 0.1) is 22.9 Å². The standard InChI is InChI=1S/C14H15NO4S/c1-10(8-14(16)17)20(18,19)9-11-6-7-15-13-5-3-2-4-12(11)13/h2-7,10H,8-9H2,1H3,(H,16,17). The minimum Gasteiger partial charge on any atom is -0.481 e. The third-order valence-corrected chi connectivity index (χ3v) is 5.28. The second-order valence-corrected chi connectivity index (χ2v) is 7.12. The van der Waals surface area contributed by atoms with Crippen LogP contribution in [0.4, 0.5) is 0 Å². The Labute approximate surface area is 117 Å². The summed E-state index contributed by atoms with van der Waals surface area (Å²) >= 11 is 0. The zero-order valence-corrected chi connectivity index (χ0v) is 11.8. The van der Waals surface area contributed by atoms with E-state index in [9.17, 15) is 13.2 Å². The van der Waals surface area contributed by atoms with E-state index >= 15 is 0 Å². The highest BCUT2D eigenvalue weighted by Crippen LogP contribution is 2.21. The number of carboxylic acids is 1. The number of carbonyl (C=O) groups is 1. The lowest BCUT2D eigenvalue weighted by molar-refractivity contribution is -0.136. The number of rotatable bonds is 5. The molecule has 0 aliphatic carbocycles. The van der Waals surface area contributed by atoms with Gasteiger partial charge in [-0.3, -0.25) is 9.78 Å². The summed E-state index contributed by atoms with van der Waals surface area (Å²) in [6.07, 6.45) is 1.18. The Morgan fingerprint density at radius 1 is 1.30 bits per heavy atom. The molecule has 5 nitrogen and oxygen atoms in total.